The molecule has 0 aromatic carbocycles. The van der Waals surface area contributed by atoms with Crippen molar-refractivity contribution in [2.75, 3.05) is 6.54 Å². The van der Waals surface area contributed by atoms with Crippen LogP contribution in [-0.4, -0.2) is 22.4 Å². The molecule has 1 aromatic rings. The normalized spacial score (nSPS) is 10.6. The minimum absolute atomic E-state index is 0.136. The number of nitrogens with one attached hydrogen (secondary N) is 1. The van der Waals surface area contributed by atoms with Gasteiger partial charge >= 0.3 is 6.18 Å². The molecule has 1 amide bonds. The van der Waals surface area contributed by atoms with Crippen LogP contribution in [0.5, 0.6) is 0 Å². The second kappa shape index (κ2) is 4.57. The molecule has 1 heterocycles. The summed E-state index contributed by atoms with van der Waals surface area (Å²) in [5.41, 5.74) is -0.136. The Balaban J connectivity index is 2.80. The van der Waals surface area contributed by atoms with Crippen molar-refractivity contribution in [3.05, 3.63) is 23.8 Å². The predicted molar refractivity (Wildman–Crippen MR) is 45.0 cm³/mol. The lowest BCUT2D eigenvalue weighted by atomic mass is 10.3. The Labute approximate surface area is 87.9 Å². The first-order valence-corrected chi connectivity index (χ1v) is 3.99. The Morgan fingerprint density at radius 1 is 1.44 bits per heavy atom. The van der Waals surface area contributed by atoms with Crippen molar-refractivity contribution in [3.8, 4) is 6.07 Å². The molecule has 0 aliphatic rings. The molecule has 0 bridgehead atoms. The van der Waals surface area contributed by atoms with Crippen LogP contribution >= 0.6 is 0 Å². The summed E-state index contributed by atoms with van der Waals surface area (Å²) in [7, 11) is 0. The van der Waals surface area contributed by atoms with Gasteiger partial charge in [0.15, 0.2) is 0 Å². The number of carbonyl (C=O) groups is 1. The lowest BCUT2D eigenvalue weighted by Crippen LogP contribution is -2.24. The summed E-state index contributed by atoms with van der Waals surface area (Å²) in [6, 6.07) is 1.65. The molecule has 5 nitrogen and oxygen atoms in total. The molecule has 0 saturated carbocycles. The highest BCUT2D eigenvalue weighted by atomic mass is 19.4. The molecule has 1 aromatic heterocycles. The maximum atomic E-state index is 12.1. The minimum Gasteiger partial charge on any atom is -0.339 e. The standard InChI is InChI=1S/C8H5F3N4O/c9-8(10,11)7-14-3-5(4-15-7)6(16)13-2-1-12/h3-4H,2H2,(H,13,16). The van der Waals surface area contributed by atoms with Crippen LogP contribution < -0.4 is 5.32 Å². The minimum atomic E-state index is -4.64. The second-order valence-corrected chi connectivity index (χ2v) is 2.63. The van der Waals surface area contributed by atoms with E-state index in [0.717, 1.165) is 12.4 Å². The van der Waals surface area contributed by atoms with E-state index in [1.807, 2.05) is 0 Å². The number of nitrogens with zero attached hydrogens (tertiary/aromatic N) is 3. The van der Waals surface area contributed by atoms with Crippen molar-refractivity contribution in [2.45, 2.75) is 6.18 Å². The first-order valence-electron chi connectivity index (χ1n) is 3.99. The van der Waals surface area contributed by atoms with Crippen LogP contribution in [0, 0.1) is 11.3 Å². The lowest BCUT2D eigenvalue weighted by molar-refractivity contribution is -0.145. The van der Waals surface area contributed by atoms with E-state index in [9.17, 15) is 18.0 Å². The fraction of sp³-hybridized carbons (Fsp3) is 0.250. The number of rotatable bonds is 2. The Hall–Kier alpha value is -2.17. The number of nitriles is 1. The van der Waals surface area contributed by atoms with Crippen LogP contribution in [0.3, 0.4) is 0 Å². The van der Waals surface area contributed by atoms with Crippen molar-refractivity contribution in [2.24, 2.45) is 0 Å². The first-order chi connectivity index (χ1) is 7.45. The van der Waals surface area contributed by atoms with Gasteiger partial charge in [-0.25, -0.2) is 9.97 Å². The molecule has 0 atom stereocenters. The molecule has 1 rings (SSSR count). The number of aromatic nitrogens is 2. The summed E-state index contributed by atoms with van der Waals surface area (Å²) in [5, 5.41) is 10.3. The average Bonchev–Trinajstić information content (AvgIpc) is 2.25. The van der Waals surface area contributed by atoms with Crippen LogP contribution in [0.25, 0.3) is 0 Å². The third-order valence-electron chi connectivity index (χ3n) is 1.50. The summed E-state index contributed by atoms with van der Waals surface area (Å²) >= 11 is 0. The molecule has 8 heteroatoms. The summed E-state index contributed by atoms with van der Waals surface area (Å²) in [6.45, 7) is -0.236. The number of alkyl halides is 3. The zero-order valence-electron chi connectivity index (χ0n) is 7.75. The lowest BCUT2D eigenvalue weighted by Gasteiger charge is -2.04. The largest absolute Gasteiger partial charge is 0.451 e. The van der Waals surface area contributed by atoms with E-state index in [4.69, 9.17) is 5.26 Å². The van der Waals surface area contributed by atoms with Gasteiger partial charge in [0, 0.05) is 12.4 Å². The van der Waals surface area contributed by atoms with Crippen LogP contribution in [0.1, 0.15) is 16.2 Å². The average molecular weight is 230 g/mol. The van der Waals surface area contributed by atoms with E-state index in [1.165, 1.54) is 0 Å². The fourth-order valence-electron chi connectivity index (χ4n) is 0.814. The highest BCUT2D eigenvalue weighted by Crippen LogP contribution is 2.25. The third kappa shape index (κ3) is 2.91. The molecule has 0 unspecified atom stereocenters. The first kappa shape index (κ1) is 11.9. The molecule has 84 valence electrons. The molecule has 1 N–H and O–H groups in total. The van der Waals surface area contributed by atoms with Crippen molar-refractivity contribution in [3.63, 3.8) is 0 Å². The monoisotopic (exact) mass is 230 g/mol. The van der Waals surface area contributed by atoms with Crippen LogP contribution in [-0.2, 0) is 6.18 Å². The van der Waals surface area contributed by atoms with Gasteiger partial charge in [-0.3, -0.25) is 4.79 Å². The van der Waals surface area contributed by atoms with Gasteiger partial charge < -0.3 is 5.32 Å². The van der Waals surface area contributed by atoms with Crippen molar-refractivity contribution >= 4 is 5.91 Å². The smallest absolute Gasteiger partial charge is 0.339 e. The molecule has 0 radical (unpaired) electrons. The Morgan fingerprint density at radius 2 is 2.00 bits per heavy atom. The predicted octanol–water partition coefficient (Wildman–Crippen LogP) is 0.749. The highest BCUT2D eigenvalue weighted by molar-refractivity contribution is 5.93. The molecule has 0 fully saturated rings. The Morgan fingerprint density at radius 3 is 2.44 bits per heavy atom. The van der Waals surface area contributed by atoms with E-state index in [2.05, 4.69) is 15.3 Å². The van der Waals surface area contributed by atoms with E-state index >= 15 is 0 Å². The molecular weight excluding hydrogens is 225 g/mol. The van der Waals surface area contributed by atoms with E-state index < -0.39 is 17.9 Å². The number of hydrogen-bond acceptors (Lipinski definition) is 4. The number of amides is 1. The van der Waals surface area contributed by atoms with Gasteiger partial charge in [0.2, 0.25) is 5.82 Å². The number of carbonyl (C=O) groups excluding carboxylic acids is 1. The van der Waals surface area contributed by atoms with E-state index in [0.29, 0.717) is 0 Å². The summed E-state index contributed by atoms with van der Waals surface area (Å²) in [5.74, 6) is -2.01. The maximum Gasteiger partial charge on any atom is 0.451 e. The van der Waals surface area contributed by atoms with Gasteiger partial charge in [0.05, 0.1) is 11.6 Å². The Bertz CT molecular complexity index is 420. The van der Waals surface area contributed by atoms with Gasteiger partial charge in [0.1, 0.15) is 6.54 Å². The van der Waals surface area contributed by atoms with Gasteiger partial charge in [-0.2, -0.15) is 18.4 Å². The summed E-state index contributed by atoms with van der Waals surface area (Å²) in [4.78, 5) is 17.1. The molecule has 16 heavy (non-hydrogen) atoms. The molecular formula is C8H5F3N4O. The molecule has 0 saturated heterocycles. The summed E-state index contributed by atoms with van der Waals surface area (Å²) < 4.78 is 36.2. The molecule has 0 aliphatic carbocycles. The van der Waals surface area contributed by atoms with Crippen LogP contribution in [0.15, 0.2) is 12.4 Å². The fourth-order valence-corrected chi connectivity index (χ4v) is 0.814. The molecule has 0 spiro atoms. The zero-order valence-corrected chi connectivity index (χ0v) is 7.75. The molecule has 0 aliphatic heterocycles. The quantitative estimate of drug-likeness (QED) is 0.760. The Kier molecular flexibility index (Phi) is 3.40. The third-order valence-corrected chi connectivity index (χ3v) is 1.50. The number of halogens is 3. The van der Waals surface area contributed by atoms with Gasteiger partial charge in [0.25, 0.3) is 5.91 Å². The zero-order chi connectivity index (χ0) is 12.2. The van der Waals surface area contributed by atoms with Crippen LogP contribution in [0.4, 0.5) is 13.2 Å². The van der Waals surface area contributed by atoms with Crippen molar-refractivity contribution in [1.82, 2.24) is 15.3 Å². The summed E-state index contributed by atoms with van der Waals surface area (Å²) in [6.07, 6.45) is -3.13. The van der Waals surface area contributed by atoms with Crippen LogP contribution in [0.2, 0.25) is 0 Å². The topological polar surface area (TPSA) is 78.7 Å². The van der Waals surface area contributed by atoms with Gasteiger partial charge in [-0.15, -0.1) is 0 Å². The second-order valence-electron chi connectivity index (χ2n) is 2.63. The van der Waals surface area contributed by atoms with E-state index in [1.54, 1.807) is 6.07 Å². The van der Waals surface area contributed by atoms with Crippen molar-refractivity contribution < 1.29 is 18.0 Å². The van der Waals surface area contributed by atoms with Gasteiger partial charge in [-0.05, 0) is 0 Å². The van der Waals surface area contributed by atoms with Crippen molar-refractivity contribution in [1.29, 1.82) is 5.26 Å². The number of hydrogen-bond donors (Lipinski definition) is 1. The highest BCUT2D eigenvalue weighted by Gasteiger charge is 2.34. The maximum absolute atomic E-state index is 12.1. The van der Waals surface area contributed by atoms with E-state index in [-0.39, 0.29) is 12.1 Å². The van der Waals surface area contributed by atoms with Gasteiger partial charge in [-0.1, -0.05) is 0 Å². The SMILES string of the molecule is N#CCNC(=O)c1cnc(C(F)(F)F)nc1.